The molecule has 0 bridgehead atoms. The first kappa shape index (κ1) is 10.4. The largest absolute Gasteiger partial charge is 0.303 e. The highest BCUT2D eigenvalue weighted by Gasteiger charge is 2.34. The van der Waals surface area contributed by atoms with Gasteiger partial charge in [0.2, 0.25) is 0 Å². The first-order chi connectivity index (χ1) is 6.68. The Morgan fingerprint density at radius 3 is 2.00 bits per heavy atom. The average molecular weight is 196 g/mol. The fourth-order valence-electron chi connectivity index (χ4n) is 2.95. The van der Waals surface area contributed by atoms with Gasteiger partial charge in [-0.3, -0.25) is 0 Å². The quantitative estimate of drug-likeness (QED) is 0.664. The van der Waals surface area contributed by atoms with Crippen LogP contribution in [-0.4, -0.2) is 48.6 Å². The second kappa shape index (κ2) is 4.19. The van der Waals surface area contributed by atoms with E-state index in [1.165, 1.54) is 38.9 Å². The zero-order valence-corrected chi connectivity index (χ0v) is 9.87. The SMILES string of the molecule is CC(C)N1CCC(C2CCN2C)CC1. The Hall–Kier alpha value is -0.0800. The Morgan fingerprint density at radius 2 is 1.64 bits per heavy atom. The molecule has 2 heterocycles. The van der Waals surface area contributed by atoms with Gasteiger partial charge in [0.25, 0.3) is 0 Å². The van der Waals surface area contributed by atoms with Gasteiger partial charge in [0.1, 0.15) is 0 Å². The van der Waals surface area contributed by atoms with Gasteiger partial charge in [0.15, 0.2) is 0 Å². The highest BCUT2D eigenvalue weighted by molar-refractivity contribution is 4.89. The van der Waals surface area contributed by atoms with Crippen molar-refractivity contribution in [3.63, 3.8) is 0 Å². The van der Waals surface area contributed by atoms with Gasteiger partial charge in [0, 0.05) is 12.1 Å². The second-order valence-electron chi connectivity index (χ2n) is 5.30. The monoisotopic (exact) mass is 196 g/mol. The molecule has 0 aliphatic carbocycles. The summed E-state index contributed by atoms with van der Waals surface area (Å²) in [4.78, 5) is 5.16. The number of rotatable bonds is 2. The summed E-state index contributed by atoms with van der Waals surface area (Å²) in [5, 5.41) is 0. The molecule has 0 saturated carbocycles. The van der Waals surface area contributed by atoms with E-state index >= 15 is 0 Å². The molecule has 2 aliphatic heterocycles. The van der Waals surface area contributed by atoms with E-state index in [1.807, 2.05) is 0 Å². The van der Waals surface area contributed by atoms with Gasteiger partial charge in [-0.05, 0) is 65.7 Å². The Kier molecular flexibility index (Phi) is 3.13. The molecule has 2 rings (SSSR count). The molecule has 14 heavy (non-hydrogen) atoms. The van der Waals surface area contributed by atoms with E-state index in [9.17, 15) is 0 Å². The summed E-state index contributed by atoms with van der Waals surface area (Å²) in [5.74, 6) is 0.990. The van der Waals surface area contributed by atoms with Crippen LogP contribution in [0.2, 0.25) is 0 Å². The van der Waals surface area contributed by atoms with E-state index in [0.29, 0.717) is 0 Å². The number of piperidine rings is 1. The molecule has 1 atom stereocenters. The predicted molar refractivity (Wildman–Crippen MR) is 60.5 cm³/mol. The molecule has 2 saturated heterocycles. The minimum absolute atomic E-state index is 0.745. The van der Waals surface area contributed by atoms with Crippen LogP contribution in [-0.2, 0) is 0 Å². The van der Waals surface area contributed by atoms with Gasteiger partial charge < -0.3 is 9.80 Å². The van der Waals surface area contributed by atoms with Crippen molar-refractivity contribution in [3.8, 4) is 0 Å². The zero-order valence-electron chi connectivity index (χ0n) is 9.87. The third-order valence-electron chi connectivity index (χ3n) is 4.19. The van der Waals surface area contributed by atoms with Gasteiger partial charge >= 0.3 is 0 Å². The topological polar surface area (TPSA) is 6.48 Å². The van der Waals surface area contributed by atoms with Gasteiger partial charge in [-0.15, -0.1) is 0 Å². The van der Waals surface area contributed by atoms with E-state index in [2.05, 4.69) is 30.7 Å². The van der Waals surface area contributed by atoms with Gasteiger partial charge in [-0.25, -0.2) is 0 Å². The van der Waals surface area contributed by atoms with E-state index in [0.717, 1.165) is 18.0 Å². The molecule has 0 aromatic rings. The maximum Gasteiger partial charge on any atom is 0.0134 e. The Labute approximate surface area is 88.3 Å². The predicted octanol–water partition coefficient (Wildman–Crippen LogP) is 1.81. The van der Waals surface area contributed by atoms with Crippen LogP contribution in [0.15, 0.2) is 0 Å². The van der Waals surface area contributed by atoms with Crippen molar-refractivity contribution in [2.45, 2.75) is 45.2 Å². The molecule has 0 N–H and O–H groups in total. The number of likely N-dealkylation sites (tertiary alicyclic amines) is 2. The molecule has 2 aliphatic rings. The Bertz CT molecular complexity index is 183. The summed E-state index contributed by atoms with van der Waals surface area (Å²) in [6.45, 7) is 8.61. The van der Waals surface area contributed by atoms with Crippen LogP contribution in [0.1, 0.15) is 33.1 Å². The lowest BCUT2D eigenvalue weighted by atomic mass is 9.82. The first-order valence-electron chi connectivity index (χ1n) is 6.13. The fourth-order valence-corrected chi connectivity index (χ4v) is 2.95. The highest BCUT2D eigenvalue weighted by atomic mass is 15.2. The molecule has 1 unspecified atom stereocenters. The first-order valence-corrected chi connectivity index (χ1v) is 6.13. The summed E-state index contributed by atoms with van der Waals surface area (Å²) in [7, 11) is 2.28. The molecule has 0 aromatic heterocycles. The minimum Gasteiger partial charge on any atom is -0.303 e. The molecule has 2 nitrogen and oxygen atoms in total. The maximum absolute atomic E-state index is 2.62. The standard InChI is InChI=1S/C12H24N2/c1-10(2)14-8-4-11(5-9-14)12-6-7-13(12)3/h10-12H,4-9H2,1-3H3. The minimum atomic E-state index is 0.745. The third-order valence-corrected chi connectivity index (χ3v) is 4.19. The molecule has 2 heteroatoms. The summed E-state index contributed by atoms with van der Waals surface area (Å²) < 4.78 is 0. The summed E-state index contributed by atoms with van der Waals surface area (Å²) >= 11 is 0. The van der Waals surface area contributed by atoms with E-state index < -0.39 is 0 Å². The smallest absolute Gasteiger partial charge is 0.0134 e. The third kappa shape index (κ3) is 1.96. The zero-order chi connectivity index (χ0) is 10.1. The maximum atomic E-state index is 2.62. The van der Waals surface area contributed by atoms with Gasteiger partial charge in [-0.2, -0.15) is 0 Å². The van der Waals surface area contributed by atoms with Crippen molar-refractivity contribution in [1.29, 1.82) is 0 Å². The van der Waals surface area contributed by atoms with E-state index in [-0.39, 0.29) is 0 Å². The summed E-state index contributed by atoms with van der Waals surface area (Å²) in [6.07, 6.45) is 4.29. The summed E-state index contributed by atoms with van der Waals surface area (Å²) in [5.41, 5.74) is 0. The van der Waals surface area contributed by atoms with E-state index in [1.54, 1.807) is 0 Å². The van der Waals surface area contributed by atoms with Crippen LogP contribution in [0.5, 0.6) is 0 Å². The van der Waals surface area contributed by atoms with E-state index in [4.69, 9.17) is 0 Å². The van der Waals surface area contributed by atoms with Crippen LogP contribution >= 0.6 is 0 Å². The number of hydrogen-bond donors (Lipinski definition) is 0. The average Bonchev–Trinajstić information content (AvgIpc) is 2.16. The van der Waals surface area contributed by atoms with Crippen LogP contribution in [0, 0.1) is 5.92 Å². The molecule has 2 fully saturated rings. The van der Waals surface area contributed by atoms with Crippen molar-refractivity contribution in [3.05, 3.63) is 0 Å². The van der Waals surface area contributed by atoms with Crippen LogP contribution in [0.4, 0.5) is 0 Å². The molecule has 82 valence electrons. The fraction of sp³-hybridized carbons (Fsp3) is 1.00. The molecule has 0 aromatic carbocycles. The lowest BCUT2D eigenvalue weighted by molar-refractivity contribution is 0.0315. The molecule has 0 amide bonds. The van der Waals surface area contributed by atoms with Crippen molar-refractivity contribution in [2.24, 2.45) is 5.92 Å². The Balaban J connectivity index is 1.78. The number of nitrogens with zero attached hydrogens (tertiary/aromatic N) is 2. The lowest BCUT2D eigenvalue weighted by Crippen LogP contribution is -2.52. The van der Waals surface area contributed by atoms with Crippen molar-refractivity contribution >= 4 is 0 Å². The summed E-state index contributed by atoms with van der Waals surface area (Å²) in [6, 6.07) is 1.67. The van der Waals surface area contributed by atoms with Gasteiger partial charge in [0.05, 0.1) is 0 Å². The molecule has 0 radical (unpaired) electrons. The molecular formula is C12H24N2. The van der Waals surface area contributed by atoms with Crippen molar-refractivity contribution in [2.75, 3.05) is 26.7 Å². The molecular weight excluding hydrogens is 172 g/mol. The van der Waals surface area contributed by atoms with Crippen LogP contribution in [0.25, 0.3) is 0 Å². The van der Waals surface area contributed by atoms with Crippen LogP contribution in [0.3, 0.4) is 0 Å². The normalized spacial score (nSPS) is 32.1. The van der Waals surface area contributed by atoms with Crippen molar-refractivity contribution < 1.29 is 0 Å². The Morgan fingerprint density at radius 1 is 1.00 bits per heavy atom. The lowest BCUT2D eigenvalue weighted by Gasteiger charge is -2.46. The second-order valence-corrected chi connectivity index (χ2v) is 5.30. The van der Waals surface area contributed by atoms with Crippen LogP contribution < -0.4 is 0 Å². The highest BCUT2D eigenvalue weighted by Crippen LogP contribution is 2.30. The van der Waals surface area contributed by atoms with Crippen molar-refractivity contribution in [1.82, 2.24) is 9.80 Å². The molecule has 0 spiro atoms. The number of hydrogen-bond acceptors (Lipinski definition) is 2. The van der Waals surface area contributed by atoms with Gasteiger partial charge in [-0.1, -0.05) is 0 Å².